The van der Waals surface area contributed by atoms with Crippen LogP contribution in [0.4, 0.5) is 0 Å². The van der Waals surface area contributed by atoms with E-state index < -0.39 is 5.97 Å². The van der Waals surface area contributed by atoms with Crippen molar-refractivity contribution in [1.29, 1.82) is 0 Å². The van der Waals surface area contributed by atoms with Crippen molar-refractivity contribution in [2.45, 2.75) is 20.3 Å². The van der Waals surface area contributed by atoms with E-state index in [4.69, 9.17) is 16.3 Å². The zero-order valence-electron chi connectivity index (χ0n) is 15.1. The normalized spacial score (nSPS) is 35.3. The lowest BCUT2D eigenvalue weighted by molar-refractivity contribution is -0.148. The van der Waals surface area contributed by atoms with Gasteiger partial charge in [-0.25, -0.2) is 4.79 Å². The van der Waals surface area contributed by atoms with E-state index in [0.29, 0.717) is 22.6 Å². The molecular weight excluding hydrogens is 366 g/mol. The first kappa shape index (κ1) is 17.0. The number of carbonyl (C=O) groups excluding carboxylic acids is 3. The number of benzene rings is 1. The highest BCUT2D eigenvalue weighted by Gasteiger charge is 2.67. The summed E-state index contributed by atoms with van der Waals surface area (Å²) >= 11 is 6.14. The molecule has 6 rings (SSSR count). The van der Waals surface area contributed by atoms with Gasteiger partial charge in [-0.05, 0) is 67.2 Å². The molecule has 2 saturated carbocycles. The largest absolute Gasteiger partial charge is 0.425 e. The average Bonchev–Trinajstić information content (AvgIpc) is 3.41. The van der Waals surface area contributed by atoms with Crippen LogP contribution < -0.4 is 4.74 Å². The van der Waals surface area contributed by atoms with E-state index in [0.717, 1.165) is 22.4 Å². The van der Waals surface area contributed by atoms with Crippen molar-refractivity contribution >= 4 is 29.4 Å². The minimum atomic E-state index is -0.609. The van der Waals surface area contributed by atoms with Crippen molar-refractivity contribution < 1.29 is 19.1 Å². The van der Waals surface area contributed by atoms with Crippen LogP contribution in [0.1, 0.15) is 17.5 Å². The van der Waals surface area contributed by atoms with Gasteiger partial charge in [0.25, 0.3) is 0 Å². The number of likely N-dealkylation sites (tertiary alicyclic amines) is 1. The molecule has 6 atom stereocenters. The summed E-state index contributed by atoms with van der Waals surface area (Å²) in [6, 6.07) is 3.36. The van der Waals surface area contributed by atoms with Gasteiger partial charge in [0.1, 0.15) is 12.3 Å². The summed E-state index contributed by atoms with van der Waals surface area (Å²) in [5.41, 5.74) is 1.61. The predicted octanol–water partition coefficient (Wildman–Crippen LogP) is 2.92. The summed E-state index contributed by atoms with van der Waals surface area (Å²) in [5.74, 6) is 0.169. The zero-order chi connectivity index (χ0) is 19.0. The number of imide groups is 1. The molecule has 2 amide bonds. The highest BCUT2D eigenvalue weighted by Crippen LogP contribution is 2.65. The Kier molecular flexibility index (Phi) is 3.57. The van der Waals surface area contributed by atoms with Gasteiger partial charge in [0.15, 0.2) is 0 Å². The molecule has 1 saturated heterocycles. The van der Waals surface area contributed by atoms with E-state index in [1.165, 1.54) is 0 Å². The fraction of sp³-hybridized carbons (Fsp3) is 0.476. The summed E-state index contributed by atoms with van der Waals surface area (Å²) in [7, 11) is 0. The van der Waals surface area contributed by atoms with Crippen molar-refractivity contribution in [3.8, 4) is 5.75 Å². The molecule has 1 aromatic rings. The maximum absolute atomic E-state index is 12.9. The molecule has 1 aromatic carbocycles. The molecule has 2 bridgehead atoms. The van der Waals surface area contributed by atoms with Gasteiger partial charge in [-0.15, -0.1) is 0 Å². The Morgan fingerprint density at radius 1 is 1.07 bits per heavy atom. The van der Waals surface area contributed by atoms with Crippen LogP contribution in [0.3, 0.4) is 0 Å². The van der Waals surface area contributed by atoms with Crippen LogP contribution in [0.5, 0.6) is 5.75 Å². The van der Waals surface area contributed by atoms with E-state index in [1.54, 1.807) is 12.1 Å². The lowest BCUT2D eigenvalue weighted by Gasteiger charge is -2.37. The van der Waals surface area contributed by atoms with Crippen LogP contribution in [0.2, 0.25) is 5.02 Å². The molecular formula is C21H20ClNO4. The van der Waals surface area contributed by atoms with E-state index in [9.17, 15) is 14.4 Å². The number of halogens is 1. The maximum Gasteiger partial charge on any atom is 0.331 e. The van der Waals surface area contributed by atoms with Crippen LogP contribution in [-0.2, 0) is 14.4 Å². The number of amides is 2. The smallest absolute Gasteiger partial charge is 0.331 e. The van der Waals surface area contributed by atoms with E-state index >= 15 is 0 Å². The van der Waals surface area contributed by atoms with Gasteiger partial charge in [-0.1, -0.05) is 23.8 Å². The first-order valence-corrected chi connectivity index (χ1v) is 9.75. The molecule has 0 radical (unpaired) electrons. The zero-order valence-corrected chi connectivity index (χ0v) is 15.9. The number of nitrogens with zero attached hydrogens (tertiary/aromatic N) is 1. The fourth-order valence-electron chi connectivity index (χ4n) is 5.43. The molecule has 5 nitrogen and oxygen atoms in total. The van der Waals surface area contributed by atoms with Crippen molar-refractivity contribution in [3.63, 3.8) is 0 Å². The minimum absolute atomic E-state index is 0.157. The minimum Gasteiger partial charge on any atom is -0.425 e. The standard InChI is InChI=1S/C21H20ClNO4/c1-9-5-11(6-10(2)19(9)22)27-16(24)8-23-20(25)17-12-3-4-13(15-7-14(12)15)18(17)21(23)26/h3-6,12-15,17-18H,7-8H2,1-2H3/t12-,13+,14-,15-,17+,18+/m1/s1. The van der Waals surface area contributed by atoms with Crippen molar-refractivity contribution in [3.05, 3.63) is 40.4 Å². The van der Waals surface area contributed by atoms with E-state index in [-0.39, 0.29) is 42.0 Å². The van der Waals surface area contributed by atoms with Gasteiger partial charge in [-0.3, -0.25) is 14.5 Å². The number of carbonyl (C=O) groups is 3. The number of allylic oxidation sites excluding steroid dienone is 2. The quantitative estimate of drug-likeness (QED) is 0.347. The number of aryl methyl sites for hydroxylation is 2. The number of hydrogen-bond donors (Lipinski definition) is 0. The highest BCUT2D eigenvalue weighted by molar-refractivity contribution is 6.32. The molecule has 0 spiro atoms. The number of esters is 1. The SMILES string of the molecule is Cc1cc(OC(=O)CN2C(=O)[C@H]3[C@@H]4C=C[C@@H]([C@H]5C[C@H]45)[C@@H]3C2=O)cc(C)c1Cl. The molecule has 4 aliphatic carbocycles. The van der Waals surface area contributed by atoms with Crippen LogP contribution in [-0.4, -0.2) is 29.2 Å². The molecule has 1 heterocycles. The Morgan fingerprint density at radius 2 is 1.59 bits per heavy atom. The second-order valence-electron chi connectivity index (χ2n) is 8.26. The van der Waals surface area contributed by atoms with Gasteiger partial charge in [0.05, 0.1) is 11.8 Å². The third-order valence-electron chi connectivity index (χ3n) is 6.68. The van der Waals surface area contributed by atoms with E-state index in [2.05, 4.69) is 12.2 Å². The molecule has 140 valence electrons. The van der Waals surface area contributed by atoms with Crippen molar-refractivity contribution in [1.82, 2.24) is 4.90 Å². The third kappa shape index (κ3) is 2.40. The Balaban J connectivity index is 1.32. The van der Waals surface area contributed by atoms with Crippen LogP contribution in [0, 0.1) is 49.4 Å². The van der Waals surface area contributed by atoms with Crippen LogP contribution >= 0.6 is 11.6 Å². The molecule has 0 unspecified atom stereocenters. The number of ether oxygens (including phenoxy) is 1. The topological polar surface area (TPSA) is 63.7 Å². The highest BCUT2D eigenvalue weighted by atomic mass is 35.5. The first-order valence-electron chi connectivity index (χ1n) is 9.38. The third-order valence-corrected chi connectivity index (χ3v) is 7.28. The fourth-order valence-corrected chi connectivity index (χ4v) is 5.54. The van der Waals surface area contributed by atoms with Gasteiger partial charge in [0, 0.05) is 5.02 Å². The Bertz CT molecular complexity index is 864. The molecule has 27 heavy (non-hydrogen) atoms. The predicted molar refractivity (Wildman–Crippen MR) is 98.0 cm³/mol. The molecule has 0 aromatic heterocycles. The van der Waals surface area contributed by atoms with E-state index in [1.807, 2.05) is 13.8 Å². The number of rotatable bonds is 3. The summed E-state index contributed by atoms with van der Waals surface area (Å²) in [6.45, 7) is 3.33. The molecule has 0 N–H and O–H groups in total. The first-order chi connectivity index (χ1) is 12.9. The maximum atomic E-state index is 12.9. The molecule has 3 fully saturated rings. The average molecular weight is 386 g/mol. The Hall–Kier alpha value is -2.14. The van der Waals surface area contributed by atoms with Gasteiger partial charge in [-0.2, -0.15) is 0 Å². The summed E-state index contributed by atoms with van der Waals surface area (Å²) < 4.78 is 5.38. The van der Waals surface area contributed by atoms with Crippen LogP contribution in [0.25, 0.3) is 0 Å². The summed E-state index contributed by atoms with van der Waals surface area (Å²) in [6.07, 6.45) is 5.35. The summed E-state index contributed by atoms with van der Waals surface area (Å²) in [5, 5.41) is 0.630. The van der Waals surface area contributed by atoms with Gasteiger partial charge < -0.3 is 4.74 Å². The Morgan fingerprint density at radius 3 is 2.11 bits per heavy atom. The molecule has 5 aliphatic rings. The van der Waals surface area contributed by atoms with Gasteiger partial charge >= 0.3 is 5.97 Å². The summed E-state index contributed by atoms with van der Waals surface area (Å²) in [4.78, 5) is 39.3. The monoisotopic (exact) mass is 385 g/mol. The molecule has 6 heteroatoms. The van der Waals surface area contributed by atoms with Crippen molar-refractivity contribution in [2.75, 3.05) is 6.54 Å². The lowest BCUT2D eigenvalue weighted by Crippen LogP contribution is -2.40. The number of hydrogen-bond acceptors (Lipinski definition) is 4. The lowest BCUT2D eigenvalue weighted by atomic mass is 9.63. The van der Waals surface area contributed by atoms with Crippen molar-refractivity contribution in [2.24, 2.45) is 35.5 Å². The second-order valence-corrected chi connectivity index (χ2v) is 8.64. The van der Waals surface area contributed by atoms with Gasteiger partial charge in [0.2, 0.25) is 11.8 Å². The molecule has 1 aliphatic heterocycles. The van der Waals surface area contributed by atoms with Crippen LogP contribution in [0.15, 0.2) is 24.3 Å². The Labute approximate surface area is 162 Å². The second kappa shape index (κ2) is 5.68.